The van der Waals surface area contributed by atoms with E-state index in [1.807, 2.05) is 13.0 Å². The highest BCUT2D eigenvalue weighted by Gasteiger charge is 1.99. The van der Waals surface area contributed by atoms with Crippen LogP contribution in [0.5, 0.6) is 0 Å². The molecule has 0 spiro atoms. The molecule has 23 heavy (non-hydrogen) atoms. The van der Waals surface area contributed by atoms with E-state index in [1.165, 1.54) is 12.1 Å². The third-order valence-electron chi connectivity index (χ3n) is 3.17. The fraction of sp³-hybridized carbons (Fsp3) is 0.294. The molecule has 0 aliphatic rings. The largest absolute Gasteiger partial charge is 0.357 e. The minimum atomic E-state index is -0.237. The molecule has 1 aromatic heterocycles. The Morgan fingerprint density at radius 3 is 2.52 bits per heavy atom. The highest BCUT2D eigenvalue weighted by molar-refractivity contribution is 6.29. The summed E-state index contributed by atoms with van der Waals surface area (Å²) in [5.74, 6) is 0.498. The number of aliphatic imine (C=N–C) groups is 1. The Bertz CT molecular complexity index is 626. The number of hydrogen-bond acceptors (Lipinski definition) is 2. The van der Waals surface area contributed by atoms with E-state index in [0.29, 0.717) is 11.7 Å². The number of aromatic nitrogens is 1. The zero-order chi connectivity index (χ0) is 16.5. The Morgan fingerprint density at radius 2 is 1.87 bits per heavy atom. The van der Waals surface area contributed by atoms with Gasteiger partial charge in [0.1, 0.15) is 11.0 Å². The molecule has 2 rings (SSSR count). The molecular weight excluding hydrogens is 315 g/mol. The number of nitrogens with one attached hydrogen (secondary N) is 2. The molecule has 0 saturated carbocycles. The first-order valence-electron chi connectivity index (χ1n) is 7.54. The minimum Gasteiger partial charge on any atom is -0.357 e. The van der Waals surface area contributed by atoms with Crippen LogP contribution in [-0.2, 0) is 13.0 Å². The van der Waals surface area contributed by atoms with Crippen LogP contribution in [0.3, 0.4) is 0 Å². The van der Waals surface area contributed by atoms with Gasteiger partial charge in [-0.1, -0.05) is 29.8 Å². The Morgan fingerprint density at radius 1 is 1.13 bits per heavy atom. The van der Waals surface area contributed by atoms with Gasteiger partial charge in [-0.2, -0.15) is 0 Å². The van der Waals surface area contributed by atoms with E-state index in [1.54, 1.807) is 24.4 Å². The summed E-state index contributed by atoms with van der Waals surface area (Å²) in [7, 11) is 0. The highest BCUT2D eigenvalue weighted by atomic mass is 35.5. The Balaban J connectivity index is 1.86. The maximum absolute atomic E-state index is 12.9. The summed E-state index contributed by atoms with van der Waals surface area (Å²) in [5.41, 5.74) is 2.07. The molecule has 4 nitrogen and oxygen atoms in total. The van der Waals surface area contributed by atoms with E-state index >= 15 is 0 Å². The van der Waals surface area contributed by atoms with Crippen LogP contribution in [-0.4, -0.2) is 24.0 Å². The summed E-state index contributed by atoms with van der Waals surface area (Å²) in [6, 6.07) is 10.1. The van der Waals surface area contributed by atoms with E-state index in [2.05, 4.69) is 20.6 Å². The molecule has 1 aromatic carbocycles. The summed E-state index contributed by atoms with van der Waals surface area (Å²) in [5, 5.41) is 6.95. The Labute approximate surface area is 140 Å². The van der Waals surface area contributed by atoms with Gasteiger partial charge >= 0.3 is 0 Å². The lowest BCUT2D eigenvalue weighted by atomic mass is 10.2. The predicted molar refractivity (Wildman–Crippen MR) is 92.2 cm³/mol. The molecule has 1 heterocycles. The smallest absolute Gasteiger partial charge is 0.191 e. The zero-order valence-electron chi connectivity index (χ0n) is 13.0. The van der Waals surface area contributed by atoms with Crippen molar-refractivity contribution in [1.82, 2.24) is 15.6 Å². The van der Waals surface area contributed by atoms with Gasteiger partial charge in [-0.05, 0) is 42.7 Å². The number of hydrogen-bond donors (Lipinski definition) is 2. The van der Waals surface area contributed by atoms with Gasteiger partial charge in [0.05, 0.1) is 6.54 Å². The number of guanidine groups is 1. The van der Waals surface area contributed by atoms with E-state index in [0.717, 1.165) is 36.6 Å². The molecule has 0 atom stereocenters. The molecule has 2 aromatic rings. The predicted octanol–water partition coefficient (Wildman–Crippen LogP) is 3.17. The standard InChI is InChI=1S/C17H20ClFN4/c1-2-20-17(23-12-13-3-6-15(19)7-4-13)21-10-9-14-5-8-16(18)22-11-14/h3-8,11H,2,9-10,12H2,1H3,(H2,20,21,23). The molecule has 0 bridgehead atoms. The third kappa shape index (κ3) is 6.24. The number of pyridine rings is 1. The molecule has 0 radical (unpaired) electrons. The number of nitrogens with zero attached hydrogens (tertiary/aromatic N) is 2. The first-order chi connectivity index (χ1) is 11.2. The van der Waals surface area contributed by atoms with Crippen molar-refractivity contribution in [2.75, 3.05) is 13.1 Å². The first kappa shape index (κ1) is 17.2. The van der Waals surface area contributed by atoms with Crippen molar-refractivity contribution in [2.45, 2.75) is 19.9 Å². The van der Waals surface area contributed by atoms with Crippen molar-refractivity contribution in [1.29, 1.82) is 0 Å². The monoisotopic (exact) mass is 334 g/mol. The van der Waals surface area contributed by atoms with Crippen LogP contribution in [0, 0.1) is 5.82 Å². The van der Waals surface area contributed by atoms with Crippen molar-refractivity contribution >= 4 is 17.6 Å². The fourth-order valence-electron chi connectivity index (χ4n) is 1.98. The molecule has 0 unspecified atom stereocenters. The minimum absolute atomic E-state index is 0.237. The molecule has 0 aliphatic heterocycles. The van der Waals surface area contributed by atoms with Crippen LogP contribution in [0.2, 0.25) is 5.15 Å². The lowest BCUT2D eigenvalue weighted by Gasteiger charge is -2.11. The van der Waals surface area contributed by atoms with E-state index in [-0.39, 0.29) is 5.82 Å². The Kier molecular flexibility index (Phi) is 6.81. The molecule has 122 valence electrons. The van der Waals surface area contributed by atoms with Gasteiger partial charge in [0, 0.05) is 19.3 Å². The summed E-state index contributed by atoms with van der Waals surface area (Å²) in [6.07, 6.45) is 2.59. The normalized spacial score (nSPS) is 11.3. The van der Waals surface area contributed by atoms with Crippen LogP contribution >= 0.6 is 11.6 Å². The summed E-state index contributed by atoms with van der Waals surface area (Å²) < 4.78 is 12.9. The number of benzene rings is 1. The second-order valence-electron chi connectivity index (χ2n) is 4.99. The van der Waals surface area contributed by atoms with Gasteiger partial charge < -0.3 is 10.6 Å². The fourth-order valence-corrected chi connectivity index (χ4v) is 2.09. The summed E-state index contributed by atoms with van der Waals surface area (Å²) >= 11 is 5.77. The average molecular weight is 335 g/mol. The summed E-state index contributed by atoms with van der Waals surface area (Å²) in [6.45, 7) is 4.02. The van der Waals surface area contributed by atoms with Gasteiger partial charge in [0.2, 0.25) is 0 Å². The van der Waals surface area contributed by atoms with Gasteiger partial charge in [-0.3, -0.25) is 0 Å². The van der Waals surface area contributed by atoms with Crippen LogP contribution in [0.15, 0.2) is 47.6 Å². The van der Waals surface area contributed by atoms with Gasteiger partial charge in [-0.15, -0.1) is 0 Å². The van der Waals surface area contributed by atoms with Crippen molar-refractivity contribution in [2.24, 2.45) is 4.99 Å². The number of rotatable bonds is 6. The molecule has 0 amide bonds. The summed E-state index contributed by atoms with van der Waals surface area (Å²) in [4.78, 5) is 8.55. The molecule has 0 aliphatic carbocycles. The topological polar surface area (TPSA) is 49.3 Å². The second kappa shape index (κ2) is 9.10. The second-order valence-corrected chi connectivity index (χ2v) is 5.37. The lowest BCUT2D eigenvalue weighted by Crippen LogP contribution is -2.38. The van der Waals surface area contributed by atoms with Crippen molar-refractivity contribution < 1.29 is 4.39 Å². The first-order valence-corrected chi connectivity index (χ1v) is 7.92. The van der Waals surface area contributed by atoms with E-state index in [9.17, 15) is 4.39 Å². The van der Waals surface area contributed by atoms with E-state index in [4.69, 9.17) is 11.6 Å². The van der Waals surface area contributed by atoms with Crippen LogP contribution in [0.25, 0.3) is 0 Å². The van der Waals surface area contributed by atoms with Crippen molar-refractivity contribution in [3.8, 4) is 0 Å². The van der Waals surface area contributed by atoms with Gasteiger partial charge in [0.25, 0.3) is 0 Å². The zero-order valence-corrected chi connectivity index (χ0v) is 13.8. The van der Waals surface area contributed by atoms with Gasteiger partial charge in [-0.25, -0.2) is 14.4 Å². The lowest BCUT2D eigenvalue weighted by molar-refractivity contribution is 0.627. The molecule has 0 fully saturated rings. The molecule has 0 saturated heterocycles. The van der Waals surface area contributed by atoms with Crippen LogP contribution in [0.1, 0.15) is 18.1 Å². The van der Waals surface area contributed by atoms with E-state index < -0.39 is 0 Å². The maximum Gasteiger partial charge on any atom is 0.191 e. The SMILES string of the molecule is CCNC(=NCc1ccc(F)cc1)NCCc1ccc(Cl)nc1. The molecule has 2 N–H and O–H groups in total. The van der Waals surface area contributed by atoms with Crippen LogP contribution in [0.4, 0.5) is 4.39 Å². The Hall–Kier alpha value is -2.14. The van der Waals surface area contributed by atoms with Crippen molar-refractivity contribution in [3.63, 3.8) is 0 Å². The highest BCUT2D eigenvalue weighted by Crippen LogP contribution is 2.05. The maximum atomic E-state index is 12.9. The molecular formula is C17H20ClFN4. The molecule has 6 heteroatoms. The average Bonchev–Trinajstić information content (AvgIpc) is 2.56. The quantitative estimate of drug-likeness (QED) is 0.484. The van der Waals surface area contributed by atoms with Crippen LogP contribution < -0.4 is 10.6 Å². The third-order valence-corrected chi connectivity index (χ3v) is 3.40. The number of halogens is 2. The van der Waals surface area contributed by atoms with Crippen molar-refractivity contribution in [3.05, 3.63) is 64.7 Å². The van der Waals surface area contributed by atoms with Gasteiger partial charge in [0.15, 0.2) is 5.96 Å².